The molecule has 0 aliphatic heterocycles. The lowest BCUT2D eigenvalue weighted by molar-refractivity contribution is -0.120. The topological polar surface area (TPSA) is 92.4 Å². The molecule has 0 aromatic heterocycles. The highest BCUT2D eigenvalue weighted by Gasteiger charge is 2.27. The van der Waals surface area contributed by atoms with Gasteiger partial charge in [0.1, 0.15) is 0 Å². The van der Waals surface area contributed by atoms with Crippen molar-refractivity contribution >= 4 is 17.6 Å². The third-order valence-corrected chi connectivity index (χ3v) is 2.66. The van der Waals surface area contributed by atoms with Crippen molar-refractivity contribution in [3.8, 4) is 0 Å². The molecule has 0 aliphatic carbocycles. The van der Waals surface area contributed by atoms with Gasteiger partial charge in [-0.05, 0) is 31.5 Å². The molecule has 5 heteroatoms. The third kappa shape index (κ3) is 3.56. The number of benzene rings is 1. The summed E-state index contributed by atoms with van der Waals surface area (Å²) in [6.45, 7) is 3.61. The smallest absolute Gasteiger partial charge is 0.335 e. The van der Waals surface area contributed by atoms with Gasteiger partial charge in [-0.2, -0.15) is 0 Å². The van der Waals surface area contributed by atoms with Crippen LogP contribution in [0.2, 0.25) is 0 Å². The number of nitrogens with one attached hydrogen (secondary N) is 1. The molecule has 1 atom stereocenters. The zero-order valence-corrected chi connectivity index (χ0v) is 10.6. The summed E-state index contributed by atoms with van der Waals surface area (Å²) < 4.78 is 0. The Hall–Kier alpha value is -1.88. The number of carbonyl (C=O) groups is 2. The van der Waals surface area contributed by atoms with E-state index in [2.05, 4.69) is 5.32 Å². The number of aromatic carboxylic acids is 1. The van der Waals surface area contributed by atoms with Crippen LogP contribution in [0.3, 0.4) is 0 Å². The second-order valence-corrected chi connectivity index (χ2v) is 4.51. The minimum Gasteiger partial charge on any atom is -0.478 e. The quantitative estimate of drug-likeness (QED) is 0.743. The summed E-state index contributed by atoms with van der Waals surface area (Å²) in [7, 11) is 0. The molecule has 1 aromatic rings. The van der Waals surface area contributed by atoms with Gasteiger partial charge in [-0.25, -0.2) is 4.79 Å². The summed E-state index contributed by atoms with van der Waals surface area (Å²) in [6.07, 6.45) is 1.37. The highest BCUT2D eigenvalue weighted by Crippen LogP contribution is 2.15. The van der Waals surface area contributed by atoms with E-state index in [1.54, 1.807) is 19.1 Å². The highest BCUT2D eigenvalue weighted by molar-refractivity contribution is 5.98. The molecule has 1 amide bonds. The van der Waals surface area contributed by atoms with Crippen molar-refractivity contribution in [2.75, 3.05) is 5.32 Å². The summed E-state index contributed by atoms with van der Waals surface area (Å²) in [5, 5.41) is 11.5. The molecule has 5 nitrogen and oxygen atoms in total. The lowest BCUT2D eigenvalue weighted by Crippen LogP contribution is -2.48. The summed E-state index contributed by atoms with van der Waals surface area (Å²) in [5.74, 6) is -1.35. The number of amides is 1. The molecule has 0 heterocycles. The van der Waals surface area contributed by atoms with Crippen LogP contribution >= 0.6 is 0 Å². The Morgan fingerprint density at radius 2 is 2.11 bits per heavy atom. The molecule has 0 radical (unpaired) electrons. The van der Waals surface area contributed by atoms with Gasteiger partial charge in [0.25, 0.3) is 0 Å². The van der Waals surface area contributed by atoms with Crippen LogP contribution in [-0.2, 0) is 4.79 Å². The van der Waals surface area contributed by atoms with Crippen molar-refractivity contribution < 1.29 is 14.7 Å². The van der Waals surface area contributed by atoms with E-state index in [1.165, 1.54) is 12.1 Å². The number of carbonyl (C=O) groups excluding carboxylic acids is 1. The first kappa shape index (κ1) is 14.2. The van der Waals surface area contributed by atoms with Gasteiger partial charge in [0.15, 0.2) is 0 Å². The van der Waals surface area contributed by atoms with E-state index >= 15 is 0 Å². The Kier molecular flexibility index (Phi) is 4.44. The van der Waals surface area contributed by atoms with E-state index in [-0.39, 0.29) is 11.5 Å². The molecule has 0 saturated heterocycles. The van der Waals surface area contributed by atoms with Crippen LogP contribution < -0.4 is 11.1 Å². The van der Waals surface area contributed by atoms with Crippen molar-refractivity contribution in [3.05, 3.63) is 29.8 Å². The van der Waals surface area contributed by atoms with Gasteiger partial charge in [0.2, 0.25) is 5.91 Å². The Morgan fingerprint density at radius 3 is 2.67 bits per heavy atom. The molecule has 0 aliphatic rings. The van der Waals surface area contributed by atoms with Crippen molar-refractivity contribution in [2.45, 2.75) is 32.2 Å². The molecule has 1 unspecified atom stereocenters. The number of rotatable bonds is 5. The summed E-state index contributed by atoms with van der Waals surface area (Å²) in [6, 6.07) is 6.08. The number of anilines is 1. The van der Waals surface area contributed by atoms with Crippen LogP contribution in [0.5, 0.6) is 0 Å². The SMILES string of the molecule is CCCC(C)(N)C(=O)Nc1cccc(C(=O)O)c1. The summed E-state index contributed by atoms with van der Waals surface area (Å²) in [4.78, 5) is 22.7. The van der Waals surface area contributed by atoms with Crippen LogP contribution in [-0.4, -0.2) is 22.5 Å². The van der Waals surface area contributed by atoms with Crippen molar-refractivity contribution in [3.63, 3.8) is 0 Å². The van der Waals surface area contributed by atoms with E-state index < -0.39 is 11.5 Å². The number of nitrogens with two attached hydrogens (primary N) is 1. The van der Waals surface area contributed by atoms with Gasteiger partial charge >= 0.3 is 5.97 Å². The van der Waals surface area contributed by atoms with Gasteiger partial charge in [0, 0.05) is 5.69 Å². The van der Waals surface area contributed by atoms with Crippen LogP contribution in [0.15, 0.2) is 24.3 Å². The van der Waals surface area contributed by atoms with Crippen molar-refractivity contribution in [1.29, 1.82) is 0 Å². The monoisotopic (exact) mass is 250 g/mol. The second kappa shape index (κ2) is 5.64. The molecule has 18 heavy (non-hydrogen) atoms. The Bertz CT molecular complexity index is 455. The largest absolute Gasteiger partial charge is 0.478 e. The van der Waals surface area contributed by atoms with Gasteiger partial charge in [0.05, 0.1) is 11.1 Å². The fourth-order valence-electron chi connectivity index (χ4n) is 1.64. The van der Waals surface area contributed by atoms with Crippen LogP contribution in [0, 0.1) is 0 Å². The number of hydrogen-bond donors (Lipinski definition) is 3. The maximum Gasteiger partial charge on any atom is 0.335 e. The number of carboxylic acid groups (broad SMARTS) is 1. The van der Waals surface area contributed by atoms with Crippen molar-refractivity contribution in [1.82, 2.24) is 0 Å². The van der Waals surface area contributed by atoms with Gasteiger partial charge in [-0.3, -0.25) is 4.79 Å². The molecule has 0 fully saturated rings. The van der Waals surface area contributed by atoms with Crippen LogP contribution in [0.1, 0.15) is 37.0 Å². The first-order valence-corrected chi connectivity index (χ1v) is 5.80. The van der Waals surface area contributed by atoms with E-state index in [0.717, 1.165) is 6.42 Å². The summed E-state index contributed by atoms with van der Waals surface area (Å²) >= 11 is 0. The highest BCUT2D eigenvalue weighted by atomic mass is 16.4. The number of carboxylic acids is 1. The van der Waals surface area contributed by atoms with Crippen LogP contribution in [0.25, 0.3) is 0 Å². The van der Waals surface area contributed by atoms with Gasteiger partial charge in [-0.15, -0.1) is 0 Å². The van der Waals surface area contributed by atoms with E-state index in [9.17, 15) is 9.59 Å². The average Bonchev–Trinajstić information content (AvgIpc) is 2.29. The van der Waals surface area contributed by atoms with E-state index in [4.69, 9.17) is 10.8 Å². The van der Waals surface area contributed by atoms with E-state index in [1.807, 2.05) is 6.92 Å². The number of hydrogen-bond acceptors (Lipinski definition) is 3. The van der Waals surface area contributed by atoms with Gasteiger partial charge in [-0.1, -0.05) is 19.4 Å². The maximum absolute atomic E-state index is 11.9. The first-order chi connectivity index (χ1) is 8.36. The molecule has 0 saturated carbocycles. The molecule has 98 valence electrons. The molecule has 0 bridgehead atoms. The minimum absolute atomic E-state index is 0.127. The fraction of sp³-hybridized carbons (Fsp3) is 0.385. The van der Waals surface area contributed by atoms with Crippen LogP contribution in [0.4, 0.5) is 5.69 Å². The predicted molar refractivity (Wildman–Crippen MR) is 69.5 cm³/mol. The van der Waals surface area contributed by atoms with Gasteiger partial charge < -0.3 is 16.2 Å². The molecular weight excluding hydrogens is 232 g/mol. The Balaban J connectivity index is 2.82. The molecule has 1 rings (SSSR count). The second-order valence-electron chi connectivity index (χ2n) is 4.51. The molecular formula is C13H18N2O3. The van der Waals surface area contributed by atoms with E-state index in [0.29, 0.717) is 12.1 Å². The lowest BCUT2D eigenvalue weighted by atomic mass is 9.96. The summed E-state index contributed by atoms with van der Waals surface area (Å²) in [5.41, 5.74) is 5.50. The maximum atomic E-state index is 11.9. The third-order valence-electron chi connectivity index (χ3n) is 2.66. The molecule has 0 spiro atoms. The fourth-order valence-corrected chi connectivity index (χ4v) is 1.64. The zero-order valence-electron chi connectivity index (χ0n) is 10.6. The minimum atomic E-state index is -1.03. The lowest BCUT2D eigenvalue weighted by Gasteiger charge is -2.22. The normalized spacial score (nSPS) is 13.7. The Labute approximate surface area is 106 Å². The standard InChI is InChI=1S/C13H18N2O3/c1-3-7-13(2,14)12(18)15-10-6-4-5-9(8-10)11(16)17/h4-6,8H,3,7,14H2,1-2H3,(H,15,18)(H,16,17). The molecule has 1 aromatic carbocycles. The van der Waals surface area contributed by atoms with Crippen molar-refractivity contribution in [2.24, 2.45) is 5.73 Å². The molecule has 4 N–H and O–H groups in total. The predicted octanol–water partition coefficient (Wildman–Crippen LogP) is 1.84. The first-order valence-electron chi connectivity index (χ1n) is 5.80. The zero-order chi connectivity index (χ0) is 13.8. The average molecular weight is 250 g/mol. The Morgan fingerprint density at radius 1 is 1.44 bits per heavy atom.